The Morgan fingerprint density at radius 1 is 1.60 bits per heavy atom. The first kappa shape index (κ1) is 6.44. The predicted molar refractivity (Wildman–Crippen MR) is 17.7 cm³/mol. The Labute approximate surface area is 53.7 Å². The molecule has 0 aliphatic heterocycles. The Hall–Kier alpha value is 1.44. The Balaban J connectivity index is 2.54. The molecular weight excluding hydrogens is 300 g/mol. The fourth-order valence-electron chi connectivity index (χ4n) is 0. The van der Waals surface area contributed by atoms with E-state index in [0.717, 1.165) is 1.70 Å². The molecule has 0 aliphatic rings. The van der Waals surface area contributed by atoms with Crippen molar-refractivity contribution in [1.29, 1.82) is 0 Å². The number of rotatable bonds is 1. The summed E-state index contributed by atoms with van der Waals surface area (Å²) in [5.74, 6) is 0. The van der Waals surface area contributed by atoms with Gasteiger partial charge in [-0.3, -0.25) is 0 Å². The summed E-state index contributed by atoms with van der Waals surface area (Å²) in [6, 6.07) is 0. The quantitative estimate of drug-likeness (QED) is 0.563. The number of nitrogens with two attached hydrogens (primary N) is 1. The van der Waals surface area contributed by atoms with Crippen LogP contribution in [0, 0.1) is 0 Å². The zero-order chi connectivity index (χ0) is 4.28. The molecule has 0 bridgehead atoms. The normalized spacial score (nSPS) is 8.00. The van der Waals surface area contributed by atoms with Gasteiger partial charge in [0.25, 0.3) is 0 Å². The van der Waals surface area contributed by atoms with Crippen LogP contribution in [0.5, 0.6) is 0 Å². The van der Waals surface area contributed by atoms with Gasteiger partial charge < -0.3 is 0 Å². The first-order valence-electron chi connectivity index (χ1n) is 1.06. The molecule has 2 N–H and O–H groups in total. The topological polar surface area (TPSA) is 29.3 Å². The summed E-state index contributed by atoms with van der Waals surface area (Å²) < 4.78 is 6.12. The standard InChI is InChI=1S/Cl2N.Hg.H2N/c1-3-2;;/h;;1H2/q-1;+2;-1. The Bertz CT molecular complexity index is 21.6. The van der Waals surface area contributed by atoms with Gasteiger partial charge in [-0.05, 0) is 0 Å². The van der Waals surface area contributed by atoms with Crippen molar-refractivity contribution in [1.82, 2.24) is 1.70 Å². The van der Waals surface area contributed by atoms with Crippen LogP contribution in [-0.4, -0.2) is 1.70 Å². The van der Waals surface area contributed by atoms with Crippen LogP contribution in [0.15, 0.2) is 0 Å². The number of hydrogen-bond acceptors (Lipinski definition) is 2. The fraction of sp³-hybridized carbons (Fsp3) is 0. The molecule has 0 aromatic rings. The summed E-state index contributed by atoms with van der Waals surface area (Å²) in [4.78, 5) is 0. The van der Waals surface area contributed by atoms with Crippen LogP contribution in [0.25, 0.3) is 0 Å². The van der Waals surface area contributed by atoms with Crippen molar-refractivity contribution in [3.05, 3.63) is 0 Å². The van der Waals surface area contributed by atoms with Crippen molar-refractivity contribution in [2.75, 3.05) is 0 Å². The van der Waals surface area contributed by atoms with E-state index in [9.17, 15) is 0 Å². The second kappa shape index (κ2) is 3.62. The van der Waals surface area contributed by atoms with E-state index in [1.54, 1.807) is 0 Å². The van der Waals surface area contributed by atoms with Gasteiger partial charge in [-0.25, -0.2) is 0 Å². The molecular formula is H2Cl2HgN2. The van der Waals surface area contributed by atoms with Gasteiger partial charge >= 0.3 is 53.9 Å². The molecule has 0 unspecified atom stereocenters. The van der Waals surface area contributed by atoms with Gasteiger partial charge in [0.1, 0.15) is 0 Å². The van der Waals surface area contributed by atoms with Gasteiger partial charge in [-0.2, -0.15) is 0 Å². The average Bonchev–Trinajstić information content (AvgIpc) is 1.38. The van der Waals surface area contributed by atoms with Crippen LogP contribution in [0.3, 0.4) is 0 Å². The molecule has 28 valence electrons. The van der Waals surface area contributed by atoms with Crippen molar-refractivity contribution >= 4 is 23.6 Å². The van der Waals surface area contributed by atoms with E-state index >= 15 is 0 Å². The molecule has 0 saturated carbocycles. The summed E-state index contributed by atoms with van der Waals surface area (Å²) in [5.41, 5.74) is 0. The van der Waals surface area contributed by atoms with Gasteiger partial charge in [0.2, 0.25) is 0 Å². The van der Waals surface area contributed by atoms with E-state index in [1.807, 2.05) is 0 Å². The molecule has 0 radical (unpaired) electrons. The van der Waals surface area contributed by atoms with E-state index in [2.05, 4.69) is 0 Å². The van der Waals surface area contributed by atoms with E-state index in [0.29, 0.717) is 0 Å². The van der Waals surface area contributed by atoms with Gasteiger partial charge in [0.05, 0.1) is 0 Å². The number of nitrogens with zero attached hydrogens (tertiary/aromatic N) is 1. The summed E-state index contributed by atoms with van der Waals surface area (Å²) >= 11 is 8.71. The number of hydrogen-bond donors (Lipinski definition) is 1. The van der Waals surface area contributed by atoms with Crippen LogP contribution in [0.2, 0.25) is 0 Å². The van der Waals surface area contributed by atoms with E-state index < -0.39 is 25.2 Å². The molecule has 5 heavy (non-hydrogen) atoms. The Morgan fingerprint density at radius 2 is 1.80 bits per heavy atom. The minimum absolute atomic E-state index is 1.07. The van der Waals surface area contributed by atoms with E-state index in [4.69, 9.17) is 27.1 Å². The van der Waals surface area contributed by atoms with E-state index in [1.165, 1.54) is 0 Å². The molecule has 0 heterocycles. The van der Waals surface area contributed by atoms with Crippen LogP contribution >= 0.6 is 23.6 Å². The van der Waals surface area contributed by atoms with Crippen molar-refractivity contribution in [3.63, 3.8) is 0 Å². The molecule has 0 atom stereocenters. The first-order chi connectivity index (χ1) is 2.27. The van der Waals surface area contributed by atoms with Crippen molar-refractivity contribution in [3.8, 4) is 0 Å². The molecule has 0 spiro atoms. The molecule has 0 amide bonds. The second-order valence-corrected chi connectivity index (χ2v) is 8.47. The maximum atomic E-state index is 5.06. The second-order valence-electron chi connectivity index (χ2n) is 0.486. The SMILES string of the molecule is [NH2][Hg][N](Cl)Cl. The number of halogens is 2. The summed E-state index contributed by atoms with van der Waals surface area (Å²) in [7, 11) is 0. The molecule has 2 nitrogen and oxygen atoms in total. The van der Waals surface area contributed by atoms with Crippen LogP contribution in [0.1, 0.15) is 0 Å². The molecule has 5 heteroatoms. The van der Waals surface area contributed by atoms with Crippen LogP contribution < -0.4 is 3.50 Å². The fourth-order valence-corrected chi connectivity index (χ4v) is 0. The average molecular weight is 302 g/mol. The third-order valence-electron chi connectivity index (χ3n) is 0.138. The van der Waals surface area contributed by atoms with Gasteiger partial charge in [-0.15, -0.1) is 0 Å². The Morgan fingerprint density at radius 3 is 1.80 bits per heavy atom. The van der Waals surface area contributed by atoms with Gasteiger partial charge in [-0.1, -0.05) is 0 Å². The summed E-state index contributed by atoms with van der Waals surface area (Å²) in [6.45, 7) is 0. The molecule has 0 aromatic heterocycles. The van der Waals surface area contributed by atoms with Gasteiger partial charge in [0.15, 0.2) is 0 Å². The van der Waals surface area contributed by atoms with Crippen molar-refractivity contribution in [2.24, 2.45) is 3.50 Å². The zero-order valence-electron chi connectivity index (χ0n) is 2.49. The molecule has 0 fully saturated rings. The first-order valence-corrected chi connectivity index (χ1v) is 7.37. The van der Waals surface area contributed by atoms with Gasteiger partial charge in [0, 0.05) is 0 Å². The summed E-state index contributed by atoms with van der Waals surface area (Å²) in [6.07, 6.45) is 0. The third kappa shape index (κ3) is 5.44. The zero-order valence-corrected chi connectivity index (χ0v) is 9.50. The van der Waals surface area contributed by atoms with Crippen molar-refractivity contribution < 1.29 is 25.2 Å². The summed E-state index contributed by atoms with van der Waals surface area (Å²) in [5, 5.41) is 0. The molecule has 0 rings (SSSR count). The minimum atomic E-state index is -1.36. The maximum absolute atomic E-state index is 5.06. The van der Waals surface area contributed by atoms with E-state index in [-0.39, 0.29) is 0 Å². The molecule has 0 aromatic carbocycles. The molecule has 0 aliphatic carbocycles. The predicted octanol–water partition coefficient (Wildman–Crippen LogP) is 0.467. The third-order valence-corrected chi connectivity index (χ3v) is 3.63. The van der Waals surface area contributed by atoms with Crippen LogP contribution in [0.4, 0.5) is 0 Å². The van der Waals surface area contributed by atoms with Crippen LogP contribution in [-0.2, 0) is 25.2 Å². The monoisotopic (exact) mass is 302 g/mol. The Kier molecular flexibility index (Phi) is 4.66. The molecule has 0 saturated heterocycles. The van der Waals surface area contributed by atoms with Crippen molar-refractivity contribution in [2.45, 2.75) is 0 Å².